The van der Waals surface area contributed by atoms with E-state index < -0.39 is 289 Å². The highest BCUT2D eigenvalue weighted by molar-refractivity contribution is 8.14. The second kappa shape index (κ2) is 42.5. The SMILES string of the molecule is CN[C@H](CC(C)O)C(=O)N[C@H]1C(=O)N[C@@H](CC(N)=O)C(=O)N[C@H]2C(=O)N[C@H]3C(=O)N[C@H](C(=O)N[C@H](C(=O)SCC(=O)NCCCN)c4cc(O)cc(O)c4-c4cc3ccc4O)[C@H](O[C@H]3C[C@](C)(N)[C@@H](O)[C@H](C)O3)c3ccc(c(Cl)c3)Oc3cc2cc(c3OC2O[C@H](CO)[C@@H](O)[C@H](O)[C@H]2O[C@H]2C[C@](C)(NCc3ccc(-c4ccc(Cl)cc4)cc3)[C@@H](O)[C@H](C)O2)Oc2ccc(cc2Cl)[C@H]1O. The Labute approximate surface area is 781 Å². The molecule has 133 heavy (non-hydrogen) atoms. The number of amides is 8. The van der Waals surface area contributed by atoms with Gasteiger partial charge in [-0.05, 0) is 172 Å². The molecular weight excluding hydrogens is 1820 g/mol. The number of nitrogens with one attached hydrogen (secondary N) is 9. The fourth-order valence-corrected chi connectivity index (χ4v) is 17.9. The largest absolute Gasteiger partial charge is 0.508 e. The molecule has 23 atom stereocenters. The summed E-state index contributed by atoms with van der Waals surface area (Å²) in [7, 11) is 1.37. The van der Waals surface area contributed by atoms with Crippen molar-refractivity contribution in [2.45, 2.75) is 213 Å². The molecule has 0 aliphatic carbocycles. The van der Waals surface area contributed by atoms with E-state index in [4.69, 9.17) is 89.9 Å². The summed E-state index contributed by atoms with van der Waals surface area (Å²) in [6.45, 7) is 7.05. The van der Waals surface area contributed by atoms with Gasteiger partial charge in [-0.15, -0.1) is 0 Å². The summed E-state index contributed by atoms with van der Waals surface area (Å²) in [6.07, 6.45) is -24.6. The number of likely N-dealkylation sites (N-methyl/N-ethyl adjacent to an activating group) is 1. The Balaban J connectivity index is 1.02. The van der Waals surface area contributed by atoms with Gasteiger partial charge in [0.25, 0.3) is 0 Å². The number of halogens is 3. The van der Waals surface area contributed by atoms with Crippen molar-refractivity contribution in [3.63, 3.8) is 0 Å². The monoisotopic (exact) mass is 1920 g/mol. The van der Waals surface area contributed by atoms with Crippen molar-refractivity contribution in [1.82, 2.24) is 47.9 Å². The number of carbonyl (C=O) groups is 9. The number of hydrogen-bond acceptors (Lipinski definition) is 32. The van der Waals surface area contributed by atoms with Crippen molar-refractivity contribution in [2.24, 2.45) is 17.2 Å². The van der Waals surface area contributed by atoms with E-state index in [0.717, 1.165) is 65.2 Å². The fourth-order valence-electron chi connectivity index (χ4n) is 16.6. The number of aliphatic hydroxyl groups is 7. The molecule has 7 aromatic rings. The van der Waals surface area contributed by atoms with Crippen LogP contribution in [0.4, 0.5) is 0 Å². The maximum atomic E-state index is 16.7. The Hall–Kier alpha value is -10.7. The molecule has 11 bridgehead atoms. The minimum absolute atomic E-state index is 0.0983. The molecule has 0 aromatic heterocycles. The number of ether oxygens (including phenoxy) is 8. The van der Waals surface area contributed by atoms with Crippen LogP contribution < -0.4 is 79.3 Å². The molecule has 3 saturated heterocycles. The highest BCUT2D eigenvalue weighted by atomic mass is 35.5. The average molecular weight is 1930 g/mol. The number of primary amides is 1. The molecule has 7 aromatic carbocycles. The first-order chi connectivity index (χ1) is 63.1. The highest BCUT2D eigenvalue weighted by Gasteiger charge is 2.53. The molecule has 8 aliphatic rings. The quantitative estimate of drug-likeness (QED) is 0.0387. The molecule has 15 rings (SSSR count). The van der Waals surface area contributed by atoms with E-state index in [0.29, 0.717) is 23.2 Å². The van der Waals surface area contributed by atoms with E-state index in [2.05, 4.69) is 47.9 Å². The van der Waals surface area contributed by atoms with Gasteiger partial charge < -0.3 is 154 Å². The third-order valence-corrected chi connectivity index (χ3v) is 25.6. The number of thioether (sulfide) groups is 1. The zero-order valence-corrected chi connectivity index (χ0v) is 75.6. The van der Waals surface area contributed by atoms with Crippen molar-refractivity contribution in [3.05, 3.63) is 176 Å². The first-order valence-electron chi connectivity index (χ1n) is 42.6. The van der Waals surface area contributed by atoms with Gasteiger partial charge in [0.1, 0.15) is 95.5 Å². The third-order valence-electron chi connectivity index (χ3n) is 23.8. The predicted molar refractivity (Wildman–Crippen MR) is 479 cm³/mol. The zero-order valence-electron chi connectivity index (χ0n) is 72.5. The molecule has 714 valence electrons. The van der Waals surface area contributed by atoms with Crippen LogP contribution in [0.15, 0.2) is 127 Å². The topological polar surface area (TPSA) is 616 Å². The number of fused-ring (bicyclic) bond motifs is 15. The minimum atomic E-state index is -2.43. The maximum Gasteiger partial charge on any atom is 0.248 e. The molecule has 43 heteroatoms. The Morgan fingerprint density at radius 2 is 1.27 bits per heavy atom. The molecule has 39 nitrogen and oxygen atoms in total. The molecule has 2 unspecified atom stereocenters. The number of hydrogen-bond donors (Lipinski definition) is 22. The van der Waals surface area contributed by atoms with Crippen LogP contribution in [0, 0.1) is 0 Å². The van der Waals surface area contributed by atoms with Crippen LogP contribution in [0.5, 0.6) is 46.0 Å². The molecule has 0 spiro atoms. The number of benzene rings is 7. The summed E-state index contributed by atoms with van der Waals surface area (Å²) in [5, 5.41) is 140. The van der Waals surface area contributed by atoms with Crippen LogP contribution in [0.3, 0.4) is 0 Å². The number of rotatable bonds is 24. The summed E-state index contributed by atoms with van der Waals surface area (Å²) in [5.41, 5.74) is 15.4. The van der Waals surface area contributed by atoms with Gasteiger partial charge in [-0.1, -0.05) is 101 Å². The van der Waals surface area contributed by atoms with Gasteiger partial charge in [-0.3, -0.25) is 43.2 Å². The number of phenolic OH excluding ortho intramolecular Hbond substituents is 3. The van der Waals surface area contributed by atoms with Crippen LogP contribution in [0.1, 0.15) is 130 Å². The van der Waals surface area contributed by atoms with Crippen LogP contribution in [-0.2, 0) is 73.4 Å². The van der Waals surface area contributed by atoms with E-state index in [1.807, 2.05) is 36.4 Å². The Bertz CT molecular complexity index is 5500. The lowest BCUT2D eigenvalue weighted by molar-refractivity contribution is -0.334. The Kier molecular flexibility index (Phi) is 31.9. The van der Waals surface area contributed by atoms with Crippen molar-refractivity contribution in [3.8, 4) is 68.2 Å². The smallest absolute Gasteiger partial charge is 0.248 e. The van der Waals surface area contributed by atoms with Gasteiger partial charge in [0.15, 0.2) is 30.2 Å². The summed E-state index contributed by atoms with van der Waals surface area (Å²) >= 11 is 21.3. The van der Waals surface area contributed by atoms with E-state index >= 15 is 28.8 Å². The van der Waals surface area contributed by atoms with E-state index in [1.165, 1.54) is 58.2 Å². The van der Waals surface area contributed by atoms with Gasteiger partial charge in [0, 0.05) is 59.2 Å². The summed E-state index contributed by atoms with van der Waals surface area (Å²) in [5.74, 6) is -15.8. The summed E-state index contributed by atoms with van der Waals surface area (Å²) in [6, 6.07) is 14.3. The first-order valence-corrected chi connectivity index (χ1v) is 44.7. The lowest BCUT2D eigenvalue weighted by Crippen LogP contribution is -2.65. The summed E-state index contributed by atoms with van der Waals surface area (Å²) < 4.78 is 53.2. The summed E-state index contributed by atoms with van der Waals surface area (Å²) in [4.78, 5) is 137. The molecule has 25 N–H and O–H groups in total. The second-order valence-corrected chi connectivity index (χ2v) is 36.2. The van der Waals surface area contributed by atoms with Crippen LogP contribution in [0.25, 0.3) is 22.3 Å². The van der Waals surface area contributed by atoms with Crippen molar-refractivity contribution < 1.29 is 132 Å². The van der Waals surface area contributed by atoms with Gasteiger partial charge >= 0.3 is 0 Å². The Morgan fingerprint density at radius 1 is 0.662 bits per heavy atom. The van der Waals surface area contributed by atoms with Crippen molar-refractivity contribution >= 4 is 98.9 Å². The molecule has 3 fully saturated rings. The highest BCUT2D eigenvalue weighted by Crippen LogP contribution is 2.51. The van der Waals surface area contributed by atoms with Gasteiger partial charge in [0.2, 0.25) is 64.4 Å². The van der Waals surface area contributed by atoms with E-state index in [9.17, 15) is 65.4 Å². The van der Waals surface area contributed by atoms with Crippen molar-refractivity contribution in [1.29, 1.82) is 0 Å². The molecule has 8 amide bonds. The van der Waals surface area contributed by atoms with Crippen LogP contribution >= 0.6 is 46.6 Å². The Morgan fingerprint density at radius 3 is 1.89 bits per heavy atom. The lowest BCUT2D eigenvalue weighted by Gasteiger charge is -2.48. The van der Waals surface area contributed by atoms with E-state index in [1.54, 1.807) is 26.0 Å². The number of nitrogens with two attached hydrogens (primary N) is 3. The van der Waals surface area contributed by atoms with Gasteiger partial charge in [-0.25, -0.2) is 0 Å². The van der Waals surface area contributed by atoms with Crippen LogP contribution in [0.2, 0.25) is 15.1 Å². The first kappa shape index (κ1) is 99.8. The predicted octanol–water partition coefficient (Wildman–Crippen LogP) is 2.86. The average Bonchev–Trinajstić information content (AvgIpc) is 0.770. The number of aliphatic hydroxyl groups excluding tert-OH is 7. The molecular formula is C90H105Cl3N12O27S. The van der Waals surface area contributed by atoms with Gasteiger partial charge in [-0.2, -0.15) is 0 Å². The second-order valence-electron chi connectivity index (χ2n) is 33.9. The lowest BCUT2D eigenvalue weighted by atomic mass is 9.84. The van der Waals surface area contributed by atoms with Crippen molar-refractivity contribution in [2.75, 3.05) is 32.5 Å². The zero-order chi connectivity index (χ0) is 96.1. The van der Waals surface area contributed by atoms with E-state index in [-0.39, 0.29) is 55.6 Å². The molecule has 0 saturated carbocycles. The molecule has 0 radical (unpaired) electrons. The number of aromatic hydroxyl groups is 3. The molecule has 8 heterocycles. The fraction of sp³-hybridized carbons (Fsp3) is 0.433. The number of phenols is 3. The minimum Gasteiger partial charge on any atom is -0.508 e. The third kappa shape index (κ3) is 23.0. The van der Waals surface area contributed by atoms with Crippen LogP contribution in [-0.4, -0.2) is 245 Å². The number of carbonyl (C=O) groups excluding carboxylic acids is 9. The standard InChI is InChI=1S/C90H105Cl3N12O27S/c1-38(107)24-54(97-6)81(118)104-71-73(113)45-15-20-58(52(92)26-45)127-60-28-47-29-61(77(60)132-88-78(75(115)74(114)62(36-106)129-88)131-66-34-90(5,80(117)40(3)126-66)99-35-41-8-10-42(11-9-41)43-12-17-48(91)18-13-43)128-59-21-16-46(27-53(59)93)76(130-65-33-89(4,96)79(116)39(2)125-65)72-86(123)103-70(87(124)133-37-64(112)98-23-7-22-94)51-30-49(108)31-57(110)67(51)50-25-44(14-19-56(50)109)68(83(120)105-72)102-84(121)69(47)101-82(119)55(32-63(95)111)100-85(71)122/h8-21,25-31,38-40,54-55,62,65-66,68-76,78-80,88,97,99,106-110,113-117H,7,22-24,32-37,94,96H2,1-6H3,(H2,95,111)(H,98,112)(H,100,122)(H,101,119)(H,102,121)(H,103,123)(H,104,118)(H,105,120)/t38?,39-,40-,54+,55-,62+,65-,66-,68+,69+,70-,71+,72-,73+,74+,75-,76+,78+,79-,80-,88?,89-,90-/m0/s1. The normalized spacial score (nSPS) is 28.8. The maximum absolute atomic E-state index is 16.7. The molecule has 8 aliphatic heterocycles. The van der Waals surface area contributed by atoms with Gasteiger partial charge in [0.05, 0.1) is 65.4 Å².